The number of rotatable bonds is 4. The Morgan fingerprint density at radius 1 is 1.62 bits per heavy atom. The van der Waals surface area contributed by atoms with E-state index in [1.807, 2.05) is 18.7 Å². The fourth-order valence-corrected chi connectivity index (χ4v) is 3.56. The third kappa shape index (κ3) is 4.23. The number of thioether (sulfide) groups is 1. The van der Waals surface area contributed by atoms with Gasteiger partial charge >= 0.3 is 0 Å². The van der Waals surface area contributed by atoms with E-state index >= 15 is 0 Å². The molecule has 0 bridgehead atoms. The topological polar surface area (TPSA) is 72.4 Å². The third-order valence-electron chi connectivity index (χ3n) is 3.77. The van der Waals surface area contributed by atoms with Gasteiger partial charge in [0, 0.05) is 42.8 Å². The van der Waals surface area contributed by atoms with Gasteiger partial charge in [0.1, 0.15) is 5.76 Å². The molecule has 1 fully saturated rings. The smallest absolute Gasteiger partial charge is 0.221 e. The third-order valence-corrected chi connectivity index (χ3v) is 4.98. The number of carbonyl (C=O) groups is 1. The van der Waals surface area contributed by atoms with Gasteiger partial charge < -0.3 is 15.2 Å². The van der Waals surface area contributed by atoms with E-state index in [-0.39, 0.29) is 17.2 Å². The van der Waals surface area contributed by atoms with Gasteiger partial charge in [0.2, 0.25) is 5.91 Å². The number of hydrogen-bond acceptors (Lipinski definition) is 5. The van der Waals surface area contributed by atoms with Crippen molar-refractivity contribution in [3.8, 4) is 0 Å². The van der Waals surface area contributed by atoms with Crippen molar-refractivity contribution in [1.29, 1.82) is 0 Å². The van der Waals surface area contributed by atoms with Crippen molar-refractivity contribution < 1.29 is 9.32 Å². The molecule has 1 aromatic rings. The predicted octanol–water partition coefficient (Wildman–Crippen LogP) is 2.18. The first-order valence-electron chi connectivity index (χ1n) is 7.37. The number of amides is 1. The molecule has 0 aromatic carbocycles. The quantitative estimate of drug-likeness (QED) is 0.922. The van der Waals surface area contributed by atoms with Crippen molar-refractivity contribution in [1.82, 2.24) is 10.1 Å². The molecule has 0 radical (unpaired) electrons. The molecule has 5 nitrogen and oxygen atoms in total. The second-order valence-electron chi connectivity index (χ2n) is 6.79. The van der Waals surface area contributed by atoms with Crippen LogP contribution in [-0.2, 0) is 10.2 Å². The Hall–Kier alpha value is -1.01. The van der Waals surface area contributed by atoms with Crippen LogP contribution >= 0.6 is 11.8 Å². The minimum Gasteiger partial charge on any atom is -0.369 e. The summed E-state index contributed by atoms with van der Waals surface area (Å²) in [5, 5.41) is 4.55. The lowest BCUT2D eigenvalue weighted by atomic mass is 9.93. The van der Waals surface area contributed by atoms with Crippen LogP contribution in [0.1, 0.15) is 44.4 Å². The van der Waals surface area contributed by atoms with Crippen LogP contribution in [0.25, 0.3) is 0 Å². The van der Waals surface area contributed by atoms with Crippen molar-refractivity contribution in [2.24, 2.45) is 11.7 Å². The summed E-state index contributed by atoms with van der Waals surface area (Å²) in [4.78, 5) is 13.5. The molecule has 2 unspecified atom stereocenters. The SMILES string of the molecule is CC(CN1CCSC(c2cc(C(C)(C)C)on2)C1)C(N)=O. The lowest BCUT2D eigenvalue weighted by Gasteiger charge is -2.32. The summed E-state index contributed by atoms with van der Waals surface area (Å²) in [6.45, 7) is 10.8. The van der Waals surface area contributed by atoms with E-state index in [4.69, 9.17) is 10.3 Å². The molecule has 0 aliphatic carbocycles. The Labute approximate surface area is 130 Å². The minimum atomic E-state index is -0.235. The van der Waals surface area contributed by atoms with Crippen LogP contribution < -0.4 is 5.73 Å². The van der Waals surface area contributed by atoms with Gasteiger partial charge in [-0.05, 0) is 0 Å². The normalized spacial score (nSPS) is 22.2. The second-order valence-corrected chi connectivity index (χ2v) is 8.10. The second kappa shape index (κ2) is 6.40. The maximum atomic E-state index is 11.2. The van der Waals surface area contributed by atoms with Gasteiger partial charge in [0.05, 0.1) is 10.9 Å². The number of aromatic nitrogens is 1. The highest BCUT2D eigenvalue weighted by Gasteiger charge is 2.28. The monoisotopic (exact) mass is 311 g/mol. The molecular formula is C15H25N3O2S. The molecule has 1 aliphatic rings. The molecule has 2 rings (SSSR count). The number of nitrogens with zero attached hydrogens (tertiary/aromatic N) is 2. The molecule has 1 aliphatic heterocycles. The van der Waals surface area contributed by atoms with Crippen molar-refractivity contribution in [2.75, 3.05) is 25.4 Å². The Morgan fingerprint density at radius 3 is 2.90 bits per heavy atom. The zero-order valence-corrected chi connectivity index (χ0v) is 14.1. The first-order chi connectivity index (χ1) is 9.77. The standard InChI is InChI=1S/C15H25N3O2S/c1-10(14(16)19)8-18-5-6-21-12(9-18)11-7-13(20-17-11)15(2,3)4/h7,10,12H,5-6,8-9H2,1-4H3,(H2,16,19). The van der Waals surface area contributed by atoms with Gasteiger partial charge in [-0.15, -0.1) is 11.8 Å². The average molecular weight is 311 g/mol. The van der Waals surface area contributed by atoms with Crippen molar-refractivity contribution in [2.45, 2.75) is 38.4 Å². The first-order valence-corrected chi connectivity index (χ1v) is 8.42. The highest BCUT2D eigenvalue weighted by molar-refractivity contribution is 7.99. The summed E-state index contributed by atoms with van der Waals surface area (Å²) in [5.41, 5.74) is 6.33. The molecule has 118 valence electrons. The van der Waals surface area contributed by atoms with Crippen LogP contribution in [-0.4, -0.2) is 41.4 Å². The summed E-state index contributed by atoms with van der Waals surface area (Å²) in [6.07, 6.45) is 0. The fraction of sp³-hybridized carbons (Fsp3) is 0.733. The molecule has 1 amide bonds. The van der Waals surface area contributed by atoms with Gasteiger partial charge in [0.15, 0.2) is 0 Å². The lowest BCUT2D eigenvalue weighted by Crippen LogP contribution is -2.40. The number of nitrogens with two attached hydrogens (primary N) is 1. The highest BCUT2D eigenvalue weighted by Crippen LogP contribution is 2.34. The van der Waals surface area contributed by atoms with Gasteiger partial charge in [0.25, 0.3) is 0 Å². The lowest BCUT2D eigenvalue weighted by molar-refractivity contribution is -0.121. The molecule has 0 spiro atoms. The van der Waals surface area contributed by atoms with Gasteiger partial charge in [-0.25, -0.2) is 0 Å². The predicted molar refractivity (Wildman–Crippen MR) is 85.2 cm³/mol. The van der Waals surface area contributed by atoms with Gasteiger partial charge in [-0.2, -0.15) is 0 Å². The van der Waals surface area contributed by atoms with E-state index in [0.717, 1.165) is 36.8 Å². The van der Waals surface area contributed by atoms with Crippen molar-refractivity contribution in [3.05, 3.63) is 17.5 Å². The van der Waals surface area contributed by atoms with E-state index in [1.54, 1.807) is 0 Å². The van der Waals surface area contributed by atoms with Crippen LogP contribution in [0, 0.1) is 5.92 Å². The molecular weight excluding hydrogens is 286 g/mol. The summed E-state index contributed by atoms with van der Waals surface area (Å²) < 4.78 is 5.48. The summed E-state index contributed by atoms with van der Waals surface area (Å²) in [5.74, 6) is 1.60. The van der Waals surface area contributed by atoms with E-state index in [2.05, 4.69) is 36.9 Å². The van der Waals surface area contributed by atoms with E-state index in [1.165, 1.54) is 0 Å². The fourth-order valence-electron chi connectivity index (χ4n) is 2.32. The average Bonchev–Trinajstić information content (AvgIpc) is 2.88. The maximum Gasteiger partial charge on any atom is 0.221 e. The van der Waals surface area contributed by atoms with Crippen LogP contribution in [0.15, 0.2) is 10.6 Å². The molecule has 1 aromatic heterocycles. The summed E-state index contributed by atoms with van der Waals surface area (Å²) in [6, 6.07) is 2.07. The molecule has 0 saturated carbocycles. The largest absolute Gasteiger partial charge is 0.369 e. The first kappa shape index (κ1) is 16.4. The minimum absolute atomic E-state index is 0.0231. The van der Waals surface area contributed by atoms with E-state index in [9.17, 15) is 4.79 Å². The Kier molecular flexibility index (Phi) is 4.99. The zero-order chi connectivity index (χ0) is 15.6. The number of primary amides is 1. The Balaban J connectivity index is 2.01. The van der Waals surface area contributed by atoms with E-state index < -0.39 is 0 Å². The van der Waals surface area contributed by atoms with E-state index in [0.29, 0.717) is 5.25 Å². The van der Waals surface area contributed by atoms with Gasteiger partial charge in [-0.3, -0.25) is 4.79 Å². The van der Waals surface area contributed by atoms with Crippen molar-refractivity contribution >= 4 is 17.7 Å². The Bertz CT molecular complexity index is 495. The molecule has 6 heteroatoms. The number of carbonyl (C=O) groups excluding carboxylic acids is 1. The van der Waals surface area contributed by atoms with Gasteiger partial charge in [-0.1, -0.05) is 32.9 Å². The molecule has 2 atom stereocenters. The van der Waals surface area contributed by atoms with Crippen LogP contribution in [0.2, 0.25) is 0 Å². The maximum absolute atomic E-state index is 11.2. The summed E-state index contributed by atoms with van der Waals surface area (Å²) in [7, 11) is 0. The van der Waals surface area contributed by atoms with Crippen LogP contribution in [0.5, 0.6) is 0 Å². The summed E-state index contributed by atoms with van der Waals surface area (Å²) >= 11 is 1.90. The van der Waals surface area contributed by atoms with Crippen LogP contribution in [0.3, 0.4) is 0 Å². The molecule has 2 N–H and O–H groups in total. The molecule has 1 saturated heterocycles. The van der Waals surface area contributed by atoms with Crippen LogP contribution in [0.4, 0.5) is 0 Å². The highest BCUT2D eigenvalue weighted by atomic mass is 32.2. The zero-order valence-electron chi connectivity index (χ0n) is 13.3. The van der Waals surface area contributed by atoms with Crippen molar-refractivity contribution in [3.63, 3.8) is 0 Å². The molecule has 21 heavy (non-hydrogen) atoms. The Morgan fingerprint density at radius 2 is 2.33 bits per heavy atom. The molecule has 2 heterocycles. The number of hydrogen-bond donors (Lipinski definition) is 1.